The quantitative estimate of drug-likeness (QED) is 0.728. The van der Waals surface area contributed by atoms with E-state index in [1.807, 2.05) is 56.4 Å². The number of aromatic nitrogens is 1. The summed E-state index contributed by atoms with van der Waals surface area (Å²) in [6.07, 6.45) is 2.21. The molecule has 3 rings (SSSR count). The molecule has 2 N–H and O–H groups in total. The number of fused-ring (bicyclic) bond motifs is 1. The molecule has 4 heteroatoms. The Bertz CT molecular complexity index is 828. The van der Waals surface area contributed by atoms with Gasteiger partial charge in [-0.05, 0) is 54.1 Å². The fourth-order valence-electron chi connectivity index (χ4n) is 2.65. The van der Waals surface area contributed by atoms with E-state index >= 15 is 0 Å². The van der Waals surface area contributed by atoms with Crippen molar-refractivity contribution in [1.82, 2.24) is 4.98 Å². The first-order chi connectivity index (χ1) is 10.5. The van der Waals surface area contributed by atoms with Gasteiger partial charge in [-0.25, -0.2) is 0 Å². The Labute approximate surface area is 134 Å². The van der Waals surface area contributed by atoms with Gasteiger partial charge in [0.25, 0.3) is 0 Å². The fourth-order valence-corrected chi connectivity index (χ4v) is 3.02. The van der Waals surface area contributed by atoms with Gasteiger partial charge in [0.05, 0.1) is 17.1 Å². The normalized spacial score (nSPS) is 10.9. The zero-order valence-corrected chi connectivity index (χ0v) is 13.3. The lowest BCUT2D eigenvalue weighted by Crippen LogP contribution is -2.15. The van der Waals surface area contributed by atoms with Gasteiger partial charge in [0, 0.05) is 11.7 Å². The van der Waals surface area contributed by atoms with Crippen LogP contribution in [0.5, 0.6) is 0 Å². The first-order valence-electron chi connectivity index (χ1n) is 7.15. The molecular formula is C18H17ClN2O. The molecule has 0 fully saturated rings. The third-order valence-electron chi connectivity index (χ3n) is 3.68. The van der Waals surface area contributed by atoms with Crippen molar-refractivity contribution in [3.8, 4) is 0 Å². The summed E-state index contributed by atoms with van der Waals surface area (Å²) in [7, 11) is 0. The second-order valence-corrected chi connectivity index (χ2v) is 5.97. The van der Waals surface area contributed by atoms with Gasteiger partial charge >= 0.3 is 0 Å². The topological polar surface area (TPSA) is 44.9 Å². The Balaban J connectivity index is 1.77. The molecule has 0 radical (unpaired) electrons. The van der Waals surface area contributed by atoms with Gasteiger partial charge in [-0.15, -0.1) is 0 Å². The smallest absolute Gasteiger partial charge is 0.228 e. The molecule has 2 aromatic carbocycles. The van der Waals surface area contributed by atoms with E-state index in [0.717, 1.165) is 27.6 Å². The van der Waals surface area contributed by atoms with E-state index in [4.69, 9.17) is 11.6 Å². The number of halogens is 1. The first-order valence-corrected chi connectivity index (χ1v) is 7.53. The number of carbonyl (C=O) groups excluding carboxylic acids is 1. The molecule has 0 spiro atoms. The second kappa shape index (κ2) is 5.85. The maximum absolute atomic E-state index is 12.3. The molecule has 0 aliphatic heterocycles. The minimum Gasteiger partial charge on any atom is -0.361 e. The Morgan fingerprint density at radius 3 is 2.77 bits per heavy atom. The van der Waals surface area contributed by atoms with Crippen molar-refractivity contribution < 1.29 is 4.79 Å². The van der Waals surface area contributed by atoms with Gasteiger partial charge in [0.15, 0.2) is 0 Å². The molecule has 0 saturated heterocycles. The van der Waals surface area contributed by atoms with E-state index in [1.54, 1.807) is 0 Å². The maximum Gasteiger partial charge on any atom is 0.228 e. The van der Waals surface area contributed by atoms with Crippen molar-refractivity contribution >= 4 is 34.1 Å². The number of H-pyrrole nitrogens is 1. The second-order valence-electron chi connectivity index (χ2n) is 5.56. The zero-order valence-electron chi connectivity index (χ0n) is 12.5. The van der Waals surface area contributed by atoms with Crippen molar-refractivity contribution in [1.29, 1.82) is 0 Å². The van der Waals surface area contributed by atoms with Crippen molar-refractivity contribution in [2.45, 2.75) is 20.3 Å². The molecule has 1 aromatic heterocycles. The van der Waals surface area contributed by atoms with Gasteiger partial charge in [-0.3, -0.25) is 4.79 Å². The van der Waals surface area contributed by atoms with E-state index in [2.05, 4.69) is 10.3 Å². The number of carbonyl (C=O) groups is 1. The largest absolute Gasteiger partial charge is 0.361 e. The number of amides is 1. The molecule has 3 aromatic rings. The van der Waals surface area contributed by atoms with E-state index in [1.165, 1.54) is 0 Å². The summed E-state index contributed by atoms with van der Waals surface area (Å²) < 4.78 is 0. The van der Waals surface area contributed by atoms with Gasteiger partial charge in [-0.1, -0.05) is 29.8 Å². The summed E-state index contributed by atoms with van der Waals surface area (Å²) in [5, 5.41) is 4.63. The summed E-state index contributed by atoms with van der Waals surface area (Å²) in [5.74, 6) is -0.0697. The number of benzene rings is 2. The highest BCUT2D eigenvalue weighted by molar-refractivity contribution is 6.34. The number of hydrogen-bond donors (Lipinski definition) is 2. The molecule has 22 heavy (non-hydrogen) atoms. The predicted molar refractivity (Wildman–Crippen MR) is 91.6 cm³/mol. The highest BCUT2D eigenvalue weighted by Gasteiger charge is 2.10. The lowest BCUT2D eigenvalue weighted by molar-refractivity contribution is -0.115. The Hall–Kier alpha value is -2.26. The summed E-state index contributed by atoms with van der Waals surface area (Å²) in [5.41, 5.74) is 4.75. The minimum absolute atomic E-state index is 0.0697. The predicted octanol–water partition coefficient (Wildman–Crippen LogP) is 4.62. The van der Waals surface area contributed by atoms with Crippen molar-refractivity contribution in [3.63, 3.8) is 0 Å². The van der Waals surface area contributed by atoms with Crippen LogP contribution < -0.4 is 5.32 Å². The van der Waals surface area contributed by atoms with Gasteiger partial charge in [0.1, 0.15) is 0 Å². The van der Waals surface area contributed by atoms with E-state index < -0.39 is 0 Å². The molecule has 0 atom stereocenters. The van der Waals surface area contributed by atoms with E-state index in [9.17, 15) is 4.79 Å². The number of nitrogens with one attached hydrogen (secondary N) is 2. The Morgan fingerprint density at radius 1 is 1.18 bits per heavy atom. The SMILES string of the molecule is Cc1cc(C)c(NC(=O)Cc2ccc3cc[nH]c3c2)c(Cl)c1. The van der Waals surface area contributed by atoms with Gasteiger partial charge in [0.2, 0.25) is 5.91 Å². The van der Waals surface area contributed by atoms with E-state index in [-0.39, 0.29) is 5.91 Å². The summed E-state index contributed by atoms with van der Waals surface area (Å²) in [4.78, 5) is 15.4. The number of anilines is 1. The number of rotatable bonds is 3. The van der Waals surface area contributed by atoms with Crippen LogP contribution in [-0.4, -0.2) is 10.9 Å². The first kappa shape index (κ1) is 14.7. The molecular weight excluding hydrogens is 296 g/mol. The summed E-state index contributed by atoms with van der Waals surface area (Å²) in [6.45, 7) is 3.93. The molecule has 0 unspecified atom stereocenters. The molecule has 0 aliphatic carbocycles. The van der Waals surface area contributed by atoms with Crippen molar-refractivity contribution in [2.75, 3.05) is 5.32 Å². The molecule has 1 heterocycles. The third-order valence-corrected chi connectivity index (χ3v) is 3.98. The Kier molecular flexibility index (Phi) is 3.90. The lowest BCUT2D eigenvalue weighted by Gasteiger charge is -2.11. The summed E-state index contributed by atoms with van der Waals surface area (Å²) in [6, 6.07) is 11.9. The zero-order chi connectivity index (χ0) is 15.7. The highest BCUT2D eigenvalue weighted by atomic mass is 35.5. The highest BCUT2D eigenvalue weighted by Crippen LogP contribution is 2.27. The molecule has 0 saturated carbocycles. The van der Waals surface area contributed by atoms with Crippen LogP contribution in [0.3, 0.4) is 0 Å². The third kappa shape index (κ3) is 3.00. The minimum atomic E-state index is -0.0697. The van der Waals surface area contributed by atoms with Gasteiger partial charge in [-0.2, -0.15) is 0 Å². The van der Waals surface area contributed by atoms with E-state index in [0.29, 0.717) is 17.1 Å². The summed E-state index contributed by atoms with van der Waals surface area (Å²) >= 11 is 6.23. The van der Waals surface area contributed by atoms with Crippen LogP contribution in [0.15, 0.2) is 42.6 Å². The van der Waals surface area contributed by atoms with Crippen LogP contribution >= 0.6 is 11.6 Å². The van der Waals surface area contributed by atoms with Gasteiger partial charge < -0.3 is 10.3 Å². The Morgan fingerprint density at radius 2 is 2.00 bits per heavy atom. The van der Waals surface area contributed by atoms with Crippen LogP contribution in [0.1, 0.15) is 16.7 Å². The number of aromatic amines is 1. The van der Waals surface area contributed by atoms with Crippen LogP contribution in [-0.2, 0) is 11.2 Å². The number of hydrogen-bond acceptors (Lipinski definition) is 1. The molecule has 0 bridgehead atoms. The van der Waals surface area contributed by atoms with Crippen molar-refractivity contribution in [3.05, 3.63) is 64.3 Å². The molecule has 0 aliphatic rings. The molecule has 3 nitrogen and oxygen atoms in total. The van der Waals surface area contributed by atoms with Crippen LogP contribution in [0, 0.1) is 13.8 Å². The average Bonchev–Trinajstić information content (AvgIpc) is 2.90. The van der Waals surface area contributed by atoms with Crippen LogP contribution in [0.4, 0.5) is 5.69 Å². The lowest BCUT2D eigenvalue weighted by atomic mass is 10.1. The fraction of sp³-hybridized carbons (Fsp3) is 0.167. The van der Waals surface area contributed by atoms with Crippen molar-refractivity contribution in [2.24, 2.45) is 0 Å². The molecule has 1 amide bonds. The monoisotopic (exact) mass is 312 g/mol. The van der Waals surface area contributed by atoms with Crippen LogP contribution in [0.2, 0.25) is 5.02 Å². The standard InChI is InChI=1S/C18H17ClN2O/c1-11-7-12(2)18(15(19)8-11)21-17(22)10-13-3-4-14-5-6-20-16(14)9-13/h3-9,20H,10H2,1-2H3,(H,21,22). The molecule has 112 valence electrons. The van der Waals surface area contributed by atoms with Crippen LogP contribution in [0.25, 0.3) is 10.9 Å². The number of aryl methyl sites for hydroxylation is 2. The average molecular weight is 313 g/mol. The maximum atomic E-state index is 12.3.